The van der Waals surface area contributed by atoms with E-state index in [1.807, 2.05) is 20.0 Å². The Hall–Kier alpha value is -0.970. The van der Waals surface area contributed by atoms with Crippen molar-refractivity contribution in [3.8, 4) is 5.75 Å². The third-order valence-corrected chi connectivity index (χ3v) is 2.62. The van der Waals surface area contributed by atoms with E-state index in [9.17, 15) is 4.79 Å². The molecule has 0 heterocycles. The van der Waals surface area contributed by atoms with Crippen LogP contribution in [0.1, 0.15) is 5.56 Å². The first kappa shape index (κ1) is 17.0. The number of halogens is 2. The van der Waals surface area contributed by atoms with Crippen molar-refractivity contribution in [1.82, 2.24) is 10.6 Å². The van der Waals surface area contributed by atoms with E-state index in [-0.39, 0.29) is 24.9 Å². The van der Waals surface area contributed by atoms with Gasteiger partial charge in [-0.05, 0) is 37.7 Å². The van der Waals surface area contributed by atoms with Crippen molar-refractivity contribution in [2.45, 2.75) is 6.92 Å². The smallest absolute Gasteiger partial charge is 0.257 e. The van der Waals surface area contributed by atoms with Crippen LogP contribution in [0.25, 0.3) is 0 Å². The molecule has 1 aromatic rings. The predicted octanol–water partition coefficient (Wildman–Crippen LogP) is 1.78. The number of carbonyl (C=O) groups excluding carboxylic acids is 1. The minimum Gasteiger partial charge on any atom is -0.484 e. The molecule has 0 unspecified atom stereocenters. The maximum absolute atomic E-state index is 11.4. The largest absolute Gasteiger partial charge is 0.484 e. The van der Waals surface area contributed by atoms with Crippen molar-refractivity contribution in [1.29, 1.82) is 0 Å². The van der Waals surface area contributed by atoms with E-state index in [2.05, 4.69) is 10.6 Å². The average Bonchev–Trinajstić information content (AvgIpc) is 2.31. The van der Waals surface area contributed by atoms with E-state index in [4.69, 9.17) is 16.3 Å². The van der Waals surface area contributed by atoms with Crippen LogP contribution in [0, 0.1) is 6.92 Å². The van der Waals surface area contributed by atoms with E-state index in [1.54, 1.807) is 12.1 Å². The van der Waals surface area contributed by atoms with E-state index in [0.717, 1.165) is 12.1 Å². The maximum Gasteiger partial charge on any atom is 0.257 e. The Balaban J connectivity index is 0.00000289. The third-order valence-electron chi connectivity index (χ3n) is 2.20. The summed E-state index contributed by atoms with van der Waals surface area (Å²) in [6.45, 7) is 3.25. The first-order chi connectivity index (χ1) is 8.13. The molecule has 6 heteroatoms. The lowest BCUT2D eigenvalue weighted by Gasteiger charge is -2.08. The van der Waals surface area contributed by atoms with Gasteiger partial charge in [-0.25, -0.2) is 0 Å². The number of hydrogen-bond acceptors (Lipinski definition) is 3. The van der Waals surface area contributed by atoms with Gasteiger partial charge in [0.2, 0.25) is 0 Å². The van der Waals surface area contributed by atoms with Gasteiger partial charge in [-0.1, -0.05) is 11.6 Å². The Kier molecular flexibility index (Phi) is 8.54. The summed E-state index contributed by atoms with van der Waals surface area (Å²) < 4.78 is 5.34. The molecule has 0 saturated carbocycles. The quantitative estimate of drug-likeness (QED) is 0.786. The Morgan fingerprint density at radius 3 is 2.72 bits per heavy atom. The molecule has 4 nitrogen and oxygen atoms in total. The molecule has 18 heavy (non-hydrogen) atoms. The second kappa shape index (κ2) is 9.03. The molecule has 2 N–H and O–H groups in total. The monoisotopic (exact) mass is 292 g/mol. The van der Waals surface area contributed by atoms with Gasteiger partial charge in [-0.15, -0.1) is 12.4 Å². The van der Waals surface area contributed by atoms with Crippen molar-refractivity contribution >= 4 is 29.9 Å². The molecule has 0 spiro atoms. The lowest BCUT2D eigenvalue weighted by molar-refractivity contribution is -0.123. The topological polar surface area (TPSA) is 50.4 Å². The van der Waals surface area contributed by atoms with Gasteiger partial charge < -0.3 is 15.4 Å². The highest BCUT2D eigenvalue weighted by Gasteiger charge is 2.03. The molecule has 0 saturated heterocycles. The summed E-state index contributed by atoms with van der Waals surface area (Å²) >= 11 is 5.89. The summed E-state index contributed by atoms with van der Waals surface area (Å²) in [5.41, 5.74) is 0.930. The highest BCUT2D eigenvalue weighted by Crippen LogP contribution is 2.20. The van der Waals surface area contributed by atoms with Crippen molar-refractivity contribution in [2.24, 2.45) is 0 Å². The maximum atomic E-state index is 11.4. The van der Waals surface area contributed by atoms with Crippen molar-refractivity contribution < 1.29 is 9.53 Å². The standard InChI is InChI=1S/C12H17ClN2O2.ClH/c1-9-7-10(3-4-11(9)13)17-8-12(16)15-6-5-14-2;/h3-4,7,14H,5-6,8H2,1-2H3,(H,15,16);1H. The Bertz CT molecular complexity index is 386. The summed E-state index contributed by atoms with van der Waals surface area (Å²) in [6.07, 6.45) is 0. The van der Waals surface area contributed by atoms with Gasteiger partial charge in [0.15, 0.2) is 6.61 Å². The minimum atomic E-state index is -0.132. The van der Waals surface area contributed by atoms with Crippen LogP contribution in [-0.4, -0.2) is 32.7 Å². The van der Waals surface area contributed by atoms with Gasteiger partial charge in [-0.2, -0.15) is 0 Å². The molecule has 0 aromatic heterocycles. The fourth-order valence-corrected chi connectivity index (χ4v) is 1.35. The van der Waals surface area contributed by atoms with E-state index in [1.165, 1.54) is 0 Å². The van der Waals surface area contributed by atoms with Crippen molar-refractivity contribution in [3.63, 3.8) is 0 Å². The fraction of sp³-hybridized carbons (Fsp3) is 0.417. The summed E-state index contributed by atoms with van der Waals surface area (Å²) in [4.78, 5) is 11.4. The second-order valence-corrected chi connectivity index (χ2v) is 4.06. The van der Waals surface area contributed by atoms with Crippen LogP contribution in [0.2, 0.25) is 5.02 Å². The third kappa shape index (κ3) is 6.10. The van der Waals surface area contributed by atoms with Gasteiger partial charge in [0.05, 0.1) is 0 Å². The first-order valence-corrected chi connectivity index (χ1v) is 5.81. The molecule has 0 aliphatic carbocycles. The number of likely N-dealkylation sites (N-methyl/N-ethyl adjacent to an activating group) is 1. The van der Waals surface area contributed by atoms with Crippen LogP contribution in [0.5, 0.6) is 5.75 Å². The van der Waals surface area contributed by atoms with Crippen molar-refractivity contribution in [2.75, 3.05) is 26.7 Å². The number of nitrogens with one attached hydrogen (secondary N) is 2. The molecule has 0 radical (unpaired) electrons. The molecule has 1 amide bonds. The molecular formula is C12H18Cl2N2O2. The number of hydrogen-bond donors (Lipinski definition) is 2. The van der Waals surface area contributed by atoms with Crippen molar-refractivity contribution in [3.05, 3.63) is 28.8 Å². The Morgan fingerprint density at radius 1 is 1.39 bits per heavy atom. The number of rotatable bonds is 6. The second-order valence-electron chi connectivity index (χ2n) is 3.65. The van der Waals surface area contributed by atoms with E-state index < -0.39 is 0 Å². The predicted molar refractivity (Wildman–Crippen MR) is 75.9 cm³/mol. The minimum absolute atomic E-state index is 0. The van der Waals surface area contributed by atoms with Gasteiger partial charge >= 0.3 is 0 Å². The molecule has 102 valence electrons. The van der Waals surface area contributed by atoms with Gasteiger partial charge in [0, 0.05) is 18.1 Å². The molecule has 0 fully saturated rings. The Labute approximate surface area is 118 Å². The molecule has 0 bridgehead atoms. The average molecular weight is 293 g/mol. The van der Waals surface area contributed by atoms with E-state index in [0.29, 0.717) is 17.3 Å². The summed E-state index contributed by atoms with van der Waals surface area (Å²) in [6, 6.07) is 5.31. The zero-order valence-corrected chi connectivity index (χ0v) is 12.0. The number of amides is 1. The van der Waals surface area contributed by atoms with E-state index >= 15 is 0 Å². The molecule has 1 rings (SSSR count). The fourth-order valence-electron chi connectivity index (χ4n) is 1.23. The van der Waals surface area contributed by atoms with Crippen LogP contribution in [0.4, 0.5) is 0 Å². The summed E-state index contributed by atoms with van der Waals surface area (Å²) in [5, 5.41) is 6.36. The van der Waals surface area contributed by atoms with Gasteiger partial charge in [-0.3, -0.25) is 4.79 Å². The zero-order chi connectivity index (χ0) is 12.7. The van der Waals surface area contributed by atoms with Crippen LogP contribution in [0.3, 0.4) is 0 Å². The molecule has 0 atom stereocenters. The molecular weight excluding hydrogens is 275 g/mol. The molecule has 1 aromatic carbocycles. The Morgan fingerprint density at radius 2 is 2.11 bits per heavy atom. The molecule has 0 aliphatic heterocycles. The van der Waals surface area contributed by atoms with Crippen LogP contribution in [-0.2, 0) is 4.79 Å². The molecule has 0 aliphatic rings. The number of aryl methyl sites for hydroxylation is 1. The lowest BCUT2D eigenvalue weighted by atomic mass is 10.2. The normalized spacial score (nSPS) is 9.50. The van der Waals surface area contributed by atoms with Gasteiger partial charge in [0.1, 0.15) is 5.75 Å². The summed E-state index contributed by atoms with van der Waals surface area (Å²) in [5.74, 6) is 0.517. The highest BCUT2D eigenvalue weighted by atomic mass is 35.5. The zero-order valence-electron chi connectivity index (χ0n) is 10.5. The van der Waals surface area contributed by atoms with Crippen LogP contribution < -0.4 is 15.4 Å². The van der Waals surface area contributed by atoms with Crippen LogP contribution in [0.15, 0.2) is 18.2 Å². The van der Waals surface area contributed by atoms with Crippen LogP contribution >= 0.6 is 24.0 Å². The summed E-state index contributed by atoms with van der Waals surface area (Å²) in [7, 11) is 1.83. The number of benzene rings is 1. The van der Waals surface area contributed by atoms with Gasteiger partial charge in [0.25, 0.3) is 5.91 Å². The first-order valence-electron chi connectivity index (χ1n) is 5.43. The lowest BCUT2D eigenvalue weighted by Crippen LogP contribution is -2.33. The SMILES string of the molecule is CNCCNC(=O)COc1ccc(Cl)c(C)c1.Cl. The highest BCUT2D eigenvalue weighted by molar-refractivity contribution is 6.31. The number of ether oxygens (including phenoxy) is 1. The number of carbonyl (C=O) groups is 1.